The molecule has 0 spiro atoms. The molecule has 0 saturated carbocycles. The summed E-state index contributed by atoms with van der Waals surface area (Å²) in [6.07, 6.45) is 2.00. The zero-order chi connectivity index (χ0) is 17.2. The predicted molar refractivity (Wildman–Crippen MR) is 106 cm³/mol. The van der Waals surface area contributed by atoms with Gasteiger partial charge in [-0.1, -0.05) is 30.3 Å². The summed E-state index contributed by atoms with van der Waals surface area (Å²) in [7, 11) is 0. The van der Waals surface area contributed by atoms with Crippen molar-refractivity contribution >= 4 is 34.6 Å². The van der Waals surface area contributed by atoms with Gasteiger partial charge in [0.25, 0.3) is 5.91 Å². The Labute approximate surface area is 152 Å². The van der Waals surface area contributed by atoms with Crippen LogP contribution in [0.2, 0.25) is 0 Å². The number of hydrogen-bond acceptors (Lipinski definition) is 4. The zero-order valence-corrected chi connectivity index (χ0v) is 15.1. The average molecular weight is 351 g/mol. The molecular formula is C20H21N3OS. The number of thioether (sulfide) groups is 1. The molecule has 0 atom stereocenters. The first kappa shape index (κ1) is 16.2. The number of amides is 1. The Bertz CT molecular complexity index is 813. The van der Waals surface area contributed by atoms with Gasteiger partial charge >= 0.3 is 0 Å². The van der Waals surface area contributed by atoms with Gasteiger partial charge in [-0.2, -0.15) is 11.8 Å². The van der Waals surface area contributed by atoms with Gasteiger partial charge in [-0.3, -0.25) is 9.80 Å². The minimum absolute atomic E-state index is 0.0309. The number of rotatable bonds is 3. The fraction of sp³-hybridized carbons (Fsp3) is 0.250. The Morgan fingerprint density at radius 2 is 1.84 bits per heavy atom. The van der Waals surface area contributed by atoms with Crippen LogP contribution < -0.4 is 10.3 Å². The Balaban J connectivity index is 1.78. The van der Waals surface area contributed by atoms with E-state index in [1.807, 2.05) is 48.3 Å². The molecule has 4 rings (SSSR count). The summed E-state index contributed by atoms with van der Waals surface area (Å²) in [6, 6.07) is 16.3. The Hall–Kier alpha value is -2.24. The van der Waals surface area contributed by atoms with Gasteiger partial charge < -0.3 is 5.32 Å². The molecule has 1 amide bonds. The number of para-hydroxylation sites is 1. The van der Waals surface area contributed by atoms with Gasteiger partial charge in [0.15, 0.2) is 0 Å². The first-order valence-electron chi connectivity index (χ1n) is 8.54. The quantitative estimate of drug-likeness (QED) is 0.854. The second-order valence-electron chi connectivity index (χ2n) is 6.24. The molecule has 1 fully saturated rings. The number of benzene rings is 2. The van der Waals surface area contributed by atoms with Gasteiger partial charge in [0.2, 0.25) is 0 Å². The van der Waals surface area contributed by atoms with E-state index in [0.29, 0.717) is 0 Å². The lowest BCUT2D eigenvalue weighted by atomic mass is 10.0. The highest BCUT2D eigenvalue weighted by atomic mass is 32.2. The number of aryl methyl sites for hydroxylation is 1. The Morgan fingerprint density at radius 1 is 1.08 bits per heavy atom. The fourth-order valence-electron chi connectivity index (χ4n) is 3.35. The first-order chi connectivity index (χ1) is 12.2. The number of anilines is 2. The van der Waals surface area contributed by atoms with Crippen LogP contribution in [0.25, 0.3) is 5.57 Å². The van der Waals surface area contributed by atoms with Crippen molar-refractivity contribution in [2.75, 3.05) is 34.9 Å². The first-order valence-corrected chi connectivity index (χ1v) is 9.69. The normalized spacial score (nSPS) is 18.9. The van der Waals surface area contributed by atoms with Crippen LogP contribution in [0.1, 0.15) is 11.1 Å². The predicted octanol–water partition coefficient (Wildman–Crippen LogP) is 3.76. The summed E-state index contributed by atoms with van der Waals surface area (Å²) in [5, 5.41) is 7.46. The topological polar surface area (TPSA) is 35.6 Å². The largest absolute Gasteiger partial charge is 0.321 e. The van der Waals surface area contributed by atoms with Crippen molar-refractivity contribution in [3.05, 3.63) is 65.9 Å². The number of nitrogens with one attached hydrogen (secondary N) is 1. The van der Waals surface area contributed by atoms with Crippen LogP contribution in [-0.2, 0) is 4.79 Å². The maximum Gasteiger partial charge on any atom is 0.257 e. The minimum atomic E-state index is -0.0309. The molecule has 4 nitrogen and oxygen atoms in total. The highest BCUT2D eigenvalue weighted by Gasteiger charge is 2.28. The lowest BCUT2D eigenvalue weighted by Crippen LogP contribution is -2.44. The molecular weight excluding hydrogens is 330 g/mol. The van der Waals surface area contributed by atoms with Crippen molar-refractivity contribution in [2.24, 2.45) is 0 Å². The molecule has 2 aliphatic rings. The van der Waals surface area contributed by atoms with Crippen molar-refractivity contribution in [2.45, 2.75) is 6.92 Å². The van der Waals surface area contributed by atoms with Crippen LogP contribution in [0.15, 0.2) is 54.7 Å². The van der Waals surface area contributed by atoms with Crippen LogP contribution in [0.4, 0.5) is 11.4 Å². The number of hydrogen-bond donors (Lipinski definition) is 1. The van der Waals surface area contributed by atoms with E-state index >= 15 is 0 Å². The number of hydrazine groups is 1. The molecule has 2 heterocycles. The molecule has 2 aromatic rings. The minimum Gasteiger partial charge on any atom is -0.321 e. The summed E-state index contributed by atoms with van der Waals surface area (Å²) in [5.41, 5.74) is 4.84. The van der Waals surface area contributed by atoms with Crippen LogP contribution in [0.3, 0.4) is 0 Å². The van der Waals surface area contributed by atoms with E-state index in [4.69, 9.17) is 0 Å². The second kappa shape index (κ2) is 6.94. The maximum atomic E-state index is 12.6. The fourth-order valence-corrected chi connectivity index (χ4v) is 4.23. The summed E-state index contributed by atoms with van der Waals surface area (Å²) >= 11 is 1.98. The maximum absolute atomic E-state index is 12.6. The third-order valence-corrected chi connectivity index (χ3v) is 5.54. The van der Waals surface area contributed by atoms with Crippen molar-refractivity contribution < 1.29 is 4.79 Å². The molecule has 2 aromatic carbocycles. The molecule has 1 N–H and O–H groups in total. The van der Waals surface area contributed by atoms with E-state index in [9.17, 15) is 4.79 Å². The molecule has 0 aromatic heterocycles. The van der Waals surface area contributed by atoms with E-state index in [2.05, 4.69) is 40.5 Å². The summed E-state index contributed by atoms with van der Waals surface area (Å²) in [5.74, 6) is 2.18. The average Bonchev–Trinajstić information content (AvgIpc) is 2.97. The van der Waals surface area contributed by atoms with Gasteiger partial charge in [-0.05, 0) is 30.7 Å². The van der Waals surface area contributed by atoms with Crippen molar-refractivity contribution in [1.29, 1.82) is 0 Å². The van der Waals surface area contributed by atoms with Gasteiger partial charge in [0.05, 0.1) is 11.3 Å². The summed E-state index contributed by atoms with van der Waals surface area (Å²) < 4.78 is 0. The smallest absolute Gasteiger partial charge is 0.257 e. The van der Waals surface area contributed by atoms with E-state index in [1.54, 1.807) is 0 Å². The molecule has 2 aliphatic heterocycles. The number of nitrogens with zero attached hydrogens (tertiary/aromatic N) is 2. The lowest BCUT2D eigenvalue weighted by molar-refractivity contribution is -0.110. The molecule has 0 bridgehead atoms. The van der Waals surface area contributed by atoms with Gasteiger partial charge in [-0.25, -0.2) is 5.01 Å². The van der Waals surface area contributed by atoms with E-state index in [0.717, 1.165) is 52.7 Å². The summed E-state index contributed by atoms with van der Waals surface area (Å²) in [6.45, 7) is 4.01. The molecule has 128 valence electrons. The van der Waals surface area contributed by atoms with Crippen LogP contribution >= 0.6 is 11.8 Å². The van der Waals surface area contributed by atoms with E-state index in [1.165, 1.54) is 0 Å². The zero-order valence-electron chi connectivity index (χ0n) is 14.2. The number of carbonyl (C=O) groups excluding carboxylic acids is 1. The van der Waals surface area contributed by atoms with E-state index < -0.39 is 0 Å². The third kappa shape index (κ3) is 3.17. The number of fused-ring (bicyclic) bond motifs is 1. The van der Waals surface area contributed by atoms with Crippen molar-refractivity contribution in [3.63, 3.8) is 0 Å². The summed E-state index contributed by atoms with van der Waals surface area (Å²) in [4.78, 5) is 12.6. The Morgan fingerprint density at radius 3 is 2.60 bits per heavy atom. The van der Waals surface area contributed by atoms with Crippen LogP contribution in [0.5, 0.6) is 0 Å². The highest BCUT2D eigenvalue weighted by Crippen LogP contribution is 2.35. The standard InChI is InChI=1S/C20H21N3OS/c1-15-6-5-9-18-19(15)17(20(24)21-18)14-23(16-7-3-2-4-8-16)22-10-12-25-13-11-22/h2-9,14H,10-13H2,1H3,(H,21,24). The molecule has 1 saturated heterocycles. The lowest BCUT2D eigenvalue weighted by Gasteiger charge is -2.36. The van der Waals surface area contributed by atoms with Crippen LogP contribution in [-0.4, -0.2) is 35.5 Å². The van der Waals surface area contributed by atoms with Crippen LogP contribution in [0, 0.1) is 6.92 Å². The third-order valence-electron chi connectivity index (χ3n) is 4.60. The molecule has 0 radical (unpaired) electrons. The molecule has 0 unspecified atom stereocenters. The number of carbonyl (C=O) groups is 1. The second-order valence-corrected chi connectivity index (χ2v) is 7.47. The Kier molecular flexibility index (Phi) is 4.51. The molecule has 5 heteroatoms. The van der Waals surface area contributed by atoms with Gasteiger partial charge in [-0.15, -0.1) is 0 Å². The van der Waals surface area contributed by atoms with Gasteiger partial charge in [0, 0.05) is 42.0 Å². The van der Waals surface area contributed by atoms with Gasteiger partial charge in [0.1, 0.15) is 0 Å². The van der Waals surface area contributed by atoms with Crippen molar-refractivity contribution in [1.82, 2.24) is 5.01 Å². The van der Waals surface area contributed by atoms with Crippen molar-refractivity contribution in [3.8, 4) is 0 Å². The highest BCUT2D eigenvalue weighted by molar-refractivity contribution is 7.99. The van der Waals surface area contributed by atoms with E-state index in [-0.39, 0.29) is 5.91 Å². The molecule has 25 heavy (non-hydrogen) atoms. The monoisotopic (exact) mass is 351 g/mol. The SMILES string of the molecule is Cc1cccc2c1C(=CN(c1ccccc1)N1CCSCC1)C(=O)N2. The molecule has 0 aliphatic carbocycles.